The van der Waals surface area contributed by atoms with Gasteiger partial charge < -0.3 is 9.84 Å². The number of nitrogens with zero attached hydrogens (tertiary/aromatic N) is 2. The molecule has 0 radical (unpaired) electrons. The van der Waals surface area contributed by atoms with Crippen LogP contribution in [0.15, 0.2) is 46.3 Å². The summed E-state index contributed by atoms with van der Waals surface area (Å²) in [5.41, 5.74) is 1.99. The topological polar surface area (TPSA) is 51.0 Å². The largest absolute Gasteiger partial charge is 0.388 e. The van der Waals surface area contributed by atoms with E-state index in [4.69, 9.17) is 4.52 Å². The van der Waals surface area contributed by atoms with E-state index in [-0.39, 0.29) is 0 Å². The molecule has 0 spiro atoms. The van der Waals surface area contributed by atoms with E-state index in [0.717, 1.165) is 23.5 Å². The van der Waals surface area contributed by atoms with E-state index in [1.807, 2.05) is 42.8 Å². The summed E-state index contributed by atoms with van der Waals surface area (Å²) in [6, 6.07) is 12.0. The maximum absolute atomic E-state index is 5.30. The Labute approximate surface area is 115 Å². The zero-order valence-electron chi connectivity index (χ0n) is 10.5. The molecule has 0 atom stereocenters. The molecule has 0 saturated heterocycles. The third-order valence-electron chi connectivity index (χ3n) is 2.80. The average Bonchev–Trinajstić information content (AvgIpc) is 3.11. The summed E-state index contributed by atoms with van der Waals surface area (Å²) in [5, 5.41) is 9.14. The van der Waals surface area contributed by atoms with Crippen LogP contribution < -0.4 is 5.32 Å². The van der Waals surface area contributed by atoms with E-state index in [2.05, 4.69) is 21.5 Å². The Bertz CT molecular complexity index is 644. The van der Waals surface area contributed by atoms with E-state index in [0.29, 0.717) is 5.89 Å². The molecule has 3 aromatic rings. The Morgan fingerprint density at radius 3 is 2.74 bits per heavy atom. The molecule has 0 fully saturated rings. The second kappa shape index (κ2) is 5.24. The molecular weight excluding hydrogens is 258 g/mol. The zero-order valence-corrected chi connectivity index (χ0v) is 11.3. The lowest BCUT2D eigenvalue weighted by molar-refractivity contribution is 0.424. The molecule has 0 aliphatic carbocycles. The lowest BCUT2D eigenvalue weighted by Gasteiger charge is -1.99. The van der Waals surface area contributed by atoms with Crippen LogP contribution in [0.1, 0.15) is 10.7 Å². The molecule has 0 aliphatic rings. The SMILES string of the molecule is CNc1ccc(-c2nc(Cc3cccs3)no2)cc1. The molecule has 96 valence electrons. The summed E-state index contributed by atoms with van der Waals surface area (Å²) in [6.07, 6.45) is 0.718. The summed E-state index contributed by atoms with van der Waals surface area (Å²) >= 11 is 1.70. The minimum absolute atomic E-state index is 0.564. The lowest BCUT2D eigenvalue weighted by Crippen LogP contribution is -1.88. The quantitative estimate of drug-likeness (QED) is 0.790. The molecule has 19 heavy (non-hydrogen) atoms. The molecule has 2 aromatic heterocycles. The van der Waals surface area contributed by atoms with Crippen molar-refractivity contribution in [2.24, 2.45) is 0 Å². The van der Waals surface area contributed by atoms with E-state index in [1.54, 1.807) is 11.3 Å². The molecule has 5 heteroatoms. The Kier molecular flexibility index (Phi) is 3.29. The van der Waals surface area contributed by atoms with Gasteiger partial charge in [-0.25, -0.2) is 0 Å². The Morgan fingerprint density at radius 2 is 2.05 bits per heavy atom. The molecular formula is C14H13N3OS. The van der Waals surface area contributed by atoms with Gasteiger partial charge in [-0.3, -0.25) is 0 Å². The summed E-state index contributed by atoms with van der Waals surface area (Å²) in [7, 11) is 1.89. The van der Waals surface area contributed by atoms with Gasteiger partial charge in [0.1, 0.15) is 0 Å². The van der Waals surface area contributed by atoms with Crippen LogP contribution in [-0.4, -0.2) is 17.2 Å². The van der Waals surface area contributed by atoms with Gasteiger partial charge in [0, 0.05) is 29.6 Å². The number of anilines is 1. The first-order chi connectivity index (χ1) is 9.35. The third kappa shape index (κ3) is 2.66. The zero-order chi connectivity index (χ0) is 13.1. The number of rotatable bonds is 4. The number of aromatic nitrogens is 2. The van der Waals surface area contributed by atoms with Crippen molar-refractivity contribution in [1.82, 2.24) is 10.1 Å². The maximum Gasteiger partial charge on any atom is 0.257 e. The summed E-state index contributed by atoms with van der Waals surface area (Å²) in [6.45, 7) is 0. The van der Waals surface area contributed by atoms with Crippen LogP contribution in [0, 0.1) is 0 Å². The van der Waals surface area contributed by atoms with E-state index in [9.17, 15) is 0 Å². The van der Waals surface area contributed by atoms with Crippen LogP contribution in [0.4, 0.5) is 5.69 Å². The van der Waals surface area contributed by atoms with Crippen LogP contribution in [0.25, 0.3) is 11.5 Å². The predicted octanol–water partition coefficient (Wildman–Crippen LogP) is 3.43. The normalized spacial score (nSPS) is 10.6. The van der Waals surface area contributed by atoms with Gasteiger partial charge in [-0.2, -0.15) is 4.98 Å². The molecule has 1 N–H and O–H groups in total. The molecule has 1 aromatic carbocycles. The van der Waals surface area contributed by atoms with Crippen molar-refractivity contribution in [1.29, 1.82) is 0 Å². The second-order valence-electron chi connectivity index (χ2n) is 4.10. The molecule has 3 rings (SSSR count). The highest BCUT2D eigenvalue weighted by Gasteiger charge is 2.09. The van der Waals surface area contributed by atoms with Crippen LogP contribution in [0.3, 0.4) is 0 Å². The average molecular weight is 271 g/mol. The van der Waals surface area contributed by atoms with Gasteiger partial charge in [-0.1, -0.05) is 11.2 Å². The fourth-order valence-electron chi connectivity index (χ4n) is 1.79. The summed E-state index contributed by atoms with van der Waals surface area (Å²) in [4.78, 5) is 5.65. The van der Waals surface area contributed by atoms with Gasteiger partial charge in [0.25, 0.3) is 5.89 Å². The molecule has 0 saturated carbocycles. The van der Waals surface area contributed by atoms with Crippen LogP contribution in [0.2, 0.25) is 0 Å². The Hall–Kier alpha value is -2.14. The predicted molar refractivity (Wildman–Crippen MR) is 76.4 cm³/mol. The smallest absolute Gasteiger partial charge is 0.257 e. The standard InChI is InChI=1S/C14H13N3OS/c1-15-11-6-4-10(5-7-11)14-16-13(17-18-14)9-12-3-2-8-19-12/h2-8,15H,9H2,1H3. The third-order valence-corrected chi connectivity index (χ3v) is 3.68. The van der Waals surface area contributed by atoms with Crippen molar-refractivity contribution < 1.29 is 4.52 Å². The Morgan fingerprint density at radius 1 is 1.21 bits per heavy atom. The molecule has 0 unspecified atom stereocenters. The number of benzene rings is 1. The van der Waals surface area contributed by atoms with Crippen molar-refractivity contribution in [2.45, 2.75) is 6.42 Å². The maximum atomic E-state index is 5.30. The van der Waals surface area contributed by atoms with E-state index in [1.165, 1.54) is 4.88 Å². The number of hydrogen-bond donors (Lipinski definition) is 1. The lowest BCUT2D eigenvalue weighted by atomic mass is 10.2. The molecule has 0 bridgehead atoms. The minimum Gasteiger partial charge on any atom is -0.388 e. The summed E-state index contributed by atoms with van der Waals surface area (Å²) < 4.78 is 5.30. The molecule has 2 heterocycles. The van der Waals surface area contributed by atoms with E-state index < -0.39 is 0 Å². The summed E-state index contributed by atoms with van der Waals surface area (Å²) in [5.74, 6) is 1.28. The van der Waals surface area contributed by atoms with E-state index >= 15 is 0 Å². The fourth-order valence-corrected chi connectivity index (χ4v) is 2.49. The highest BCUT2D eigenvalue weighted by molar-refractivity contribution is 7.09. The van der Waals surface area contributed by atoms with Gasteiger partial charge in [0.2, 0.25) is 0 Å². The number of nitrogens with one attached hydrogen (secondary N) is 1. The monoisotopic (exact) mass is 271 g/mol. The Balaban J connectivity index is 1.80. The first kappa shape index (κ1) is 11.9. The molecule has 4 nitrogen and oxygen atoms in total. The number of hydrogen-bond acceptors (Lipinski definition) is 5. The van der Waals surface area contributed by atoms with Gasteiger partial charge in [-0.05, 0) is 35.7 Å². The van der Waals surface area contributed by atoms with Crippen molar-refractivity contribution in [3.05, 3.63) is 52.5 Å². The molecule has 0 amide bonds. The van der Waals surface area contributed by atoms with Crippen molar-refractivity contribution in [3.8, 4) is 11.5 Å². The van der Waals surface area contributed by atoms with Crippen molar-refractivity contribution in [3.63, 3.8) is 0 Å². The van der Waals surface area contributed by atoms with Gasteiger partial charge in [0.05, 0.1) is 0 Å². The van der Waals surface area contributed by atoms with Crippen molar-refractivity contribution >= 4 is 17.0 Å². The van der Waals surface area contributed by atoms with Gasteiger partial charge >= 0.3 is 0 Å². The minimum atomic E-state index is 0.564. The van der Waals surface area contributed by atoms with Gasteiger partial charge in [-0.15, -0.1) is 11.3 Å². The molecule has 0 aliphatic heterocycles. The highest BCUT2D eigenvalue weighted by Crippen LogP contribution is 2.21. The first-order valence-electron chi connectivity index (χ1n) is 5.98. The first-order valence-corrected chi connectivity index (χ1v) is 6.86. The fraction of sp³-hybridized carbons (Fsp3) is 0.143. The van der Waals surface area contributed by atoms with Crippen molar-refractivity contribution in [2.75, 3.05) is 12.4 Å². The van der Waals surface area contributed by atoms with Crippen LogP contribution in [-0.2, 0) is 6.42 Å². The highest BCUT2D eigenvalue weighted by atomic mass is 32.1. The van der Waals surface area contributed by atoms with Crippen LogP contribution in [0.5, 0.6) is 0 Å². The van der Waals surface area contributed by atoms with Crippen LogP contribution >= 0.6 is 11.3 Å². The number of thiophene rings is 1. The van der Waals surface area contributed by atoms with Gasteiger partial charge in [0.15, 0.2) is 5.82 Å². The second-order valence-corrected chi connectivity index (χ2v) is 5.13.